The number of unbranched alkanes of at least 4 members (excludes halogenated alkanes) is 1. The summed E-state index contributed by atoms with van der Waals surface area (Å²) < 4.78 is 32.7. The van der Waals surface area contributed by atoms with Gasteiger partial charge in [0.1, 0.15) is 16.3 Å². The first-order valence-electron chi connectivity index (χ1n) is 6.00. The highest BCUT2D eigenvalue weighted by molar-refractivity contribution is 7.85. The van der Waals surface area contributed by atoms with Gasteiger partial charge < -0.3 is 9.87 Å². The number of carbonyl (C=O) groups excluding carboxylic acids is 1. The van der Waals surface area contributed by atoms with Crippen LogP contribution in [0.15, 0.2) is 18.5 Å². The van der Waals surface area contributed by atoms with E-state index in [0.717, 1.165) is 12.8 Å². The highest BCUT2D eigenvalue weighted by atomic mass is 32.2. The lowest BCUT2D eigenvalue weighted by Gasteiger charge is -2.04. The van der Waals surface area contributed by atoms with Gasteiger partial charge in [0, 0.05) is 12.6 Å². The lowest BCUT2D eigenvalue weighted by molar-refractivity contribution is -0.750. The molecule has 1 N–H and O–H groups in total. The van der Waals surface area contributed by atoms with E-state index in [1.165, 1.54) is 23.1 Å². The lowest BCUT2D eigenvalue weighted by atomic mass is 10.3. The van der Waals surface area contributed by atoms with Gasteiger partial charge in [0.05, 0.1) is 11.3 Å². The second kappa shape index (κ2) is 7.15. The number of rotatable bonds is 7. The second-order valence-corrected chi connectivity index (χ2v) is 5.57. The molecule has 8 heteroatoms. The number of nitrogens with zero attached hydrogens (tertiary/aromatic N) is 2. The number of hydrogen-bond donors (Lipinski definition) is 1. The van der Waals surface area contributed by atoms with Crippen LogP contribution in [0.2, 0.25) is 0 Å². The second-order valence-electron chi connectivity index (χ2n) is 4.05. The average Bonchev–Trinajstić information content (AvgIpc) is 2.36. The maximum atomic E-state index is 11.6. The zero-order valence-corrected chi connectivity index (χ0v) is 11.5. The van der Waals surface area contributed by atoms with Gasteiger partial charge in [-0.1, -0.05) is 18.0 Å². The van der Waals surface area contributed by atoms with E-state index in [4.69, 9.17) is 0 Å². The number of nitrogens with one attached hydrogen (secondary N) is 1. The van der Waals surface area contributed by atoms with Crippen LogP contribution in [0, 0.1) is 0 Å². The number of hydrogen-bond acceptors (Lipinski definition) is 5. The highest BCUT2D eigenvalue weighted by Gasteiger charge is 2.10. The Balaban J connectivity index is 2.53. The van der Waals surface area contributed by atoms with E-state index in [1.54, 1.807) is 0 Å². The van der Waals surface area contributed by atoms with Gasteiger partial charge in [-0.25, -0.2) is 8.42 Å². The predicted octanol–water partition coefficient (Wildman–Crippen LogP) is -0.556. The molecule has 1 aromatic heterocycles. The van der Waals surface area contributed by atoms with Crippen LogP contribution < -0.4 is 10.00 Å². The summed E-state index contributed by atoms with van der Waals surface area (Å²) >= 11 is 0. The Labute approximate surface area is 112 Å². The molecule has 0 atom stereocenters. The van der Waals surface area contributed by atoms with Crippen molar-refractivity contribution in [2.75, 3.05) is 12.3 Å². The molecule has 0 saturated heterocycles. The van der Waals surface area contributed by atoms with E-state index < -0.39 is 15.9 Å². The first-order chi connectivity index (χ1) is 8.92. The van der Waals surface area contributed by atoms with E-state index in [-0.39, 0.29) is 12.5 Å². The summed E-state index contributed by atoms with van der Waals surface area (Å²) in [7, 11) is -4.25. The molecule has 1 heterocycles. The minimum Gasteiger partial charge on any atom is -0.748 e. The minimum absolute atomic E-state index is 0.0242. The minimum atomic E-state index is -4.25. The summed E-state index contributed by atoms with van der Waals surface area (Å²) in [4.78, 5) is 11.6. The van der Waals surface area contributed by atoms with Gasteiger partial charge in [-0.3, -0.25) is 4.79 Å². The van der Waals surface area contributed by atoms with Crippen molar-refractivity contribution >= 4 is 16.0 Å². The van der Waals surface area contributed by atoms with Crippen molar-refractivity contribution in [1.29, 1.82) is 0 Å². The molecule has 1 rings (SSSR count). The van der Waals surface area contributed by atoms with Crippen molar-refractivity contribution < 1.29 is 22.4 Å². The smallest absolute Gasteiger partial charge is 0.253 e. The van der Waals surface area contributed by atoms with Gasteiger partial charge in [0.25, 0.3) is 5.91 Å². The van der Waals surface area contributed by atoms with Crippen molar-refractivity contribution in [1.82, 2.24) is 10.4 Å². The maximum absolute atomic E-state index is 11.6. The Bertz CT molecular complexity index is 513. The van der Waals surface area contributed by atoms with Crippen LogP contribution in [0.25, 0.3) is 0 Å². The molecule has 0 unspecified atom stereocenters. The van der Waals surface area contributed by atoms with Crippen LogP contribution in [-0.4, -0.2) is 36.3 Å². The molecule has 0 saturated carbocycles. The highest BCUT2D eigenvalue weighted by Crippen LogP contribution is 1.94. The Hall–Kier alpha value is -1.54. The summed E-state index contributed by atoms with van der Waals surface area (Å²) in [5, 5.41) is 6.63. The van der Waals surface area contributed by atoms with E-state index >= 15 is 0 Å². The van der Waals surface area contributed by atoms with Crippen LogP contribution >= 0.6 is 0 Å². The van der Waals surface area contributed by atoms with E-state index in [1.807, 2.05) is 6.92 Å². The summed E-state index contributed by atoms with van der Waals surface area (Å²) in [6.07, 6.45) is 4.73. The number of carbonyl (C=O) groups is 1. The molecule has 1 amide bonds. The molecule has 0 aliphatic rings. The molecule has 0 aliphatic heterocycles. The molecule has 0 radical (unpaired) electrons. The molecule has 19 heavy (non-hydrogen) atoms. The largest absolute Gasteiger partial charge is 0.748 e. The standard InChI is InChI=1S/C11H17N3O4S/c1-2-3-5-12-11(15)10-4-6-14(13-9-10)7-8-19(16,17)18/h4,6,9H,2-3,5,7-8H2,1H3,(H-,12,15,16,17,18). The number of aryl methyl sites for hydroxylation is 1. The molecule has 1 aromatic rings. The fourth-order valence-electron chi connectivity index (χ4n) is 1.34. The molecule has 0 bridgehead atoms. The van der Waals surface area contributed by atoms with Crippen LogP contribution in [0.1, 0.15) is 30.1 Å². The molecule has 106 valence electrons. The van der Waals surface area contributed by atoms with Gasteiger partial charge in [-0.15, -0.1) is 0 Å². The van der Waals surface area contributed by atoms with Crippen LogP contribution in [0.3, 0.4) is 0 Å². The van der Waals surface area contributed by atoms with Crippen molar-refractivity contribution in [2.45, 2.75) is 26.3 Å². The molecule has 0 aliphatic carbocycles. The summed E-state index contributed by atoms with van der Waals surface area (Å²) in [6.45, 7) is 2.62. The molecular formula is C11H17N3O4S. The summed E-state index contributed by atoms with van der Waals surface area (Å²) in [5.74, 6) is -0.739. The van der Waals surface area contributed by atoms with E-state index in [0.29, 0.717) is 12.1 Å². The van der Waals surface area contributed by atoms with Crippen LogP contribution in [-0.2, 0) is 16.7 Å². The SMILES string of the molecule is CCCCNC(=O)c1cc[n+](CCS(=O)(=O)[O-])nc1. The molecule has 7 nitrogen and oxygen atoms in total. The van der Waals surface area contributed by atoms with Crippen molar-refractivity contribution in [3.63, 3.8) is 0 Å². The van der Waals surface area contributed by atoms with Gasteiger partial charge in [-0.05, 0) is 11.5 Å². The average molecular weight is 287 g/mol. The van der Waals surface area contributed by atoms with Gasteiger partial charge in [0.15, 0.2) is 12.7 Å². The predicted molar refractivity (Wildman–Crippen MR) is 66.2 cm³/mol. The zero-order chi connectivity index (χ0) is 14.3. The fraction of sp³-hybridized carbons (Fsp3) is 0.545. The topological polar surface area (TPSA) is 103 Å². The molecular weight excluding hydrogens is 270 g/mol. The number of amides is 1. The Kier molecular flexibility index (Phi) is 5.84. The summed E-state index contributed by atoms with van der Waals surface area (Å²) in [5.41, 5.74) is 0.400. The monoisotopic (exact) mass is 287 g/mol. The molecule has 0 spiro atoms. The lowest BCUT2D eigenvalue weighted by Crippen LogP contribution is -2.41. The van der Waals surface area contributed by atoms with Gasteiger partial charge in [-0.2, -0.15) is 0 Å². The molecule has 0 aromatic carbocycles. The summed E-state index contributed by atoms with van der Waals surface area (Å²) in [6, 6.07) is 1.53. The quantitative estimate of drug-likeness (QED) is 0.411. The van der Waals surface area contributed by atoms with Gasteiger partial charge >= 0.3 is 0 Å². The third kappa shape index (κ3) is 6.25. The normalized spacial score (nSPS) is 11.3. The van der Waals surface area contributed by atoms with Crippen molar-refractivity contribution in [3.05, 3.63) is 24.0 Å². The molecule has 0 fully saturated rings. The van der Waals surface area contributed by atoms with Crippen LogP contribution in [0.5, 0.6) is 0 Å². The van der Waals surface area contributed by atoms with Crippen molar-refractivity contribution in [2.24, 2.45) is 0 Å². The van der Waals surface area contributed by atoms with E-state index in [9.17, 15) is 17.8 Å². The van der Waals surface area contributed by atoms with E-state index in [2.05, 4.69) is 10.4 Å². The third-order valence-electron chi connectivity index (χ3n) is 2.42. The van der Waals surface area contributed by atoms with Crippen molar-refractivity contribution in [3.8, 4) is 0 Å². The number of aromatic nitrogens is 2. The Morgan fingerprint density at radius 2 is 2.26 bits per heavy atom. The Morgan fingerprint density at radius 1 is 1.53 bits per heavy atom. The fourth-order valence-corrected chi connectivity index (χ4v) is 1.75. The maximum Gasteiger partial charge on any atom is 0.253 e. The first-order valence-corrected chi connectivity index (χ1v) is 7.57. The Morgan fingerprint density at radius 3 is 2.79 bits per heavy atom. The zero-order valence-electron chi connectivity index (χ0n) is 10.7. The first kappa shape index (κ1) is 15.5. The third-order valence-corrected chi connectivity index (χ3v) is 3.10. The van der Waals surface area contributed by atoms with Crippen LogP contribution in [0.4, 0.5) is 0 Å². The van der Waals surface area contributed by atoms with Gasteiger partial charge in [0.2, 0.25) is 0 Å².